The fourth-order valence-corrected chi connectivity index (χ4v) is 2.63. The summed E-state index contributed by atoms with van der Waals surface area (Å²) >= 11 is 4.98. The number of thiophene rings is 1. The Morgan fingerprint density at radius 3 is 2.89 bits per heavy atom. The Morgan fingerprint density at radius 2 is 2.22 bits per heavy atom. The zero-order valence-corrected chi connectivity index (χ0v) is 11.7. The van der Waals surface area contributed by atoms with E-state index in [1.807, 2.05) is 29.6 Å². The van der Waals surface area contributed by atoms with Gasteiger partial charge >= 0.3 is 0 Å². The van der Waals surface area contributed by atoms with Crippen molar-refractivity contribution in [3.05, 3.63) is 50.6 Å². The molecule has 0 amide bonds. The molecule has 0 atom stereocenters. The number of oxime groups is 1. The topological polar surface area (TPSA) is 67.8 Å². The molecule has 0 aliphatic rings. The molecule has 18 heavy (non-hydrogen) atoms. The van der Waals surface area contributed by atoms with Gasteiger partial charge in [0.1, 0.15) is 12.4 Å². The Bertz CT molecular complexity index is 555. The maximum Gasteiger partial charge on any atom is 0.174 e. The Hall–Kier alpha value is -1.53. The summed E-state index contributed by atoms with van der Waals surface area (Å²) in [6.45, 7) is 0.458. The van der Waals surface area contributed by atoms with Crippen LogP contribution in [0, 0.1) is 0 Å². The second-order valence-corrected chi connectivity index (χ2v) is 5.35. The molecule has 0 saturated carbocycles. The number of rotatable bonds is 4. The molecule has 1 heterocycles. The SMILES string of the molecule is N/C(=N/O)c1c(Br)cccc1OCc1cccs1. The van der Waals surface area contributed by atoms with E-state index in [2.05, 4.69) is 21.1 Å². The molecule has 0 saturated heterocycles. The predicted octanol–water partition coefficient (Wildman–Crippen LogP) is 3.18. The summed E-state index contributed by atoms with van der Waals surface area (Å²) in [7, 11) is 0. The average Bonchev–Trinajstić information content (AvgIpc) is 2.88. The van der Waals surface area contributed by atoms with E-state index < -0.39 is 0 Å². The molecule has 94 valence electrons. The van der Waals surface area contributed by atoms with Gasteiger partial charge in [-0.15, -0.1) is 11.3 Å². The van der Waals surface area contributed by atoms with Crippen molar-refractivity contribution in [3.63, 3.8) is 0 Å². The molecule has 2 aromatic rings. The van der Waals surface area contributed by atoms with Crippen LogP contribution in [0.4, 0.5) is 0 Å². The molecule has 1 aromatic carbocycles. The fourth-order valence-electron chi connectivity index (χ4n) is 1.47. The highest BCUT2D eigenvalue weighted by Gasteiger charge is 2.12. The van der Waals surface area contributed by atoms with Gasteiger partial charge < -0.3 is 15.7 Å². The molecule has 1 aromatic heterocycles. The zero-order chi connectivity index (χ0) is 13.0. The third kappa shape index (κ3) is 2.83. The summed E-state index contributed by atoms with van der Waals surface area (Å²) in [4.78, 5) is 1.11. The van der Waals surface area contributed by atoms with E-state index in [4.69, 9.17) is 15.7 Å². The van der Waals surface area contributed by atoms with Gasteiger partial charge in [-0.25, -0.2) is 0 Å². The zero-order valence-electron chi connectivity index (χ0n) is 9.34. The molecule has 0 radical (unpaired) electrons. The van der Waals surface area contributed by atoms with E-state index in [1.54, 1.807) is 17.4 Å². The van der Waals surface area contributed by atoms with Crippen molar-refractivity contribution in [1.82, 2.24) is 0 Å². The molecule has 0 fully saturated rings. The molecule has 0 bridgehead atoms. The van der Waals surface area contributed by atoms with Crippen molar-refractivity contribution < 1.29 is 9.94 Å². The number of amidine groups is 1. The Kier molecular flexibility index (Phi) is 4.22. The second-order valence-electron chi connectivity index (χ2n) is 3.47. The molecule has 6 heteroatoms. The van der Waals surface area contributed by atoms with Gasteiger partial charge in [-0.3, -0.25) is 0 Å². The minimum Gasteiger partial charge on any atom is -0.487 e. The van der Waals surface area contributed by atoms with E-state index in [0.29, 0.717) is 17.9 Å². The minimum absolute atomic E-state index is 0.0173. The first-order valence-corrected chi connectivity index (χ1v) is 6.81. The van der Waals surface area contributed by atoms with Crippen LogP contribution in [0.25, 0.3) is 0 Å². The third-order valence-corrected chi connectivity index (χ3v) is 3.80. The number of halogens is 1. The smallest absolute Gasteiger partial charge is 0.174 e. The van der Waals surface area contributed by atoms with E-state index >= 15 is 0 Å². The third-order valence-electron chi connectivity index (χ3n) is 2.29. The highest BCUT2D eigenvalue weighted by Crippen LogP contribution is 2.27. The lowest BCUT2D eigenvalue weighted by molar-refractivity contribution is 0.306. The summed E-state index contributed by atoms with van der Waals surface area (Å²) in [5.74, 6) is 0.594. The summed E-state index contributed by atoms with van der Waals surface area (Å²) < 4.78 is 6.42. The minimum atomic E-state index is 0.0173. The van der Waals surface area contributed by atoms with Crippen LogP contribution in [0.5, 0.6) is 5.75 Å². The van der Waals surface area contributed by atoms with Crippen LogP contribution in [0.1, 0.15) is 10.4 Å². The van der Waals surface area contributed by atoms with Crippen LogP contribution in [0.3, 0.4) is 0 Å². The molecule has 3 N–H and O–H groups in total. The van der Waals surface area contributed by atoms with Crippen molar-refractivity contribution >= 4 is 33.1 Å². The first-order chi connectivity index (χ1) is 8.72. The number of nitrogens with two attached hydrogens (primary N) is 1. The van der Waals surface area contributed by atoms with Gasteiger partial charge in [0.05, 0.1) is 5.56 Å². The standard InChI is InChI=1S/C12H11BrN2O2S/c13-9-4-1-5-10(11(9)12(14)15-16)17-7-8-3-2-6-18-8/h1-6,16H,7H2,(H2,14,15). The first kappa shape index (κ1) is 12.9. The van der Waals surface area contributed by atoms with E-state index in [-0.39, 0.29) is 5.84 Å². The Balaban J connectivity index is 2.24. The molecule has 0 spiro atoms. The monoisotopic (exact) mass is 326 g/mol. The van der Waals surface area contributed by atoms with Crippen LogP contribution in [0.2, 0.25) is 0 Å². The van der Waals surface area contributed by atoms with E-state index in [0.717, 1.165) is 9.35 Å². The molecular weight excluding hydrogens is 316 g/mol. The van der Waals surface area contributed by atoms with Crippen LogP contribution >= 0.6 is 27.3 Å². The van der Waals surface area contributed by atoms with Crippen molar-refractivity contribution in [2.45, 2.75) is 6.61 Å². The van der Waals surface area contributed by atoms with Gasteiger partial charge in [0.25, 0.3) is 0 Å². The van der Waals surface area contributed by atoms with Crippen LogP contribution in [-0.4, -0.2) is 11.0 Å². The molecule has 0 unspecified atom stereocenters. The lowest BCUT2D eigenvalue weighted by Gasteiger charge is -2.11. The van der Waals surface area contributed by atoms with Crippen LogP contribution in [-0.2, 0) is 6.61 Å². The lowest BCUT2D eigenvalue weighted by Crippen LogP contribution is -2.15. The molecule has 0 aliphatic heterocycles. The highest BCUT2D eigenvalue weighted by molar-refractivity contribution is 9.10. The molecule has 0 aliphatic carbocycles. The quantitative estimate of drug-likeness (QED) is 0.392. The number of ether oxygens (including phenoxy) is 1. The predicted molar refractivity (Wildman–Crippen MR) is 75.3 cm³/mol. The van der Waals surface area contributed by atoms with E-state index in [9.17, 15) is 0 Å². The van der Waals surface area contributed by atoms with Gasteiger partial charge in [0.2, 0.25) is 0 Å². The van der Waals surface area contributed by atoms with Gasteiger partial charge in [-0.05, 0) is 39.5 Å². The Labute approximate surface area is 117 Å². The number of hydrogen-bond acceptors (Lipinski definition) is 4. The van der Waals surface area contributed by atoms with Gasteiger partial charge in [0.15, 0.2) is 5.84 Å². The van der Waals surface area contributed by atoms with Crippen LogP contribution < -0.4 is 10.5 Å². The second kappa shape index (κ2) is 5.88. The lowest BCUT2D eigenvalue weighted by atomic mass is 10.2. The fraction of sp³-hybridized carbons (Fsp3) is 0.0833. The van der Waals surface area contributed by atoms with E-state index in [1.165, 1.54) is 0 Å². The largest absolute Gasteiger partial charge is 0.487 e. The number of hydrogen-bond donors (Lipinski definition) is 2. The maximum atomic E-state index is 8.78. The number of benzene rings is 1. The van der Waals surface area contributed by atoms with Gasteiger partial charge in [-0.2, -0.15) is 0 Å². The maximum absolute atomic E-state index is 8.78. The van der Waals surface area contributed by atoms with Gasteiger partial charge in [-0.1, -0.05) is 17.3 Å². The highest BCUT2D eigenvalue weighted by atomic mass is 79.9. The summed E-state index contributed by atoms with van der Waals surface area (Å²) in [6, 6.07) is 9.39. The molecule has 4 nitrogen and oxygen atoms in total. The summed E-state index contributed by atoms with van der Waals surface area (Å²) in [5.41, 5.74) is 6.19. The van der Waals surface area contributed by atoms with Gasteiger partial charge in [0, 0.05) is 9.35 Å². The molecule has 2 rings (SSSR count). The first-order valence-electron chi connectivity index (χ1n) is 5.14. The van der Waals surface area contributed by atoms with Crippen molar-refractivity contribution in [2.75, 3.05) is 0 Å². The van der Waals surface area contributed by atoms with Crippen LogP contribution in [0.15, 0.2) is 45.3 Å². The Morgan fingerprint density at radius 1 is 1.39 bits per heavy atom. The normalized spacial score (nSPS) is 11.5. The summed E-state index contributed by atoms with van der Waals surface area (Å²) in [5, 5.41) is 13.8. The summed E-state index contributed by atoms with van der Waals surface area (Å²) in [6.07, 6.45) is 0. The van der Waals surface area contributed by atoms with Crippen molar-refractivity contribution in [2.24, 2.45) is 10.9 Å². The van der Waals surface area contributed by atoms with Crippen molar-refractivity contribution in [1.29, 1.82) is 0 Å². The average molecular weight is 327 g/mol. The molecular formula is C12H11BrN2O2S. The number of nitrogens with zero attached hydrogens (tertiary/aromatic N) is 1. The van der Waals surface area contributed by atoms with Crippen molar-refractivity contribution in [3.8, 4) is 5.75 Å².